The molecule has 0 radical (unpaired) electrons. The normalized spacial score (nSPS) is 10.6. The third-order valence-electron chi connectivity index (χ3n) is 3.40. The Morgan fingerprint density at radius 3 is 2.65 bits per heavy atom. The van der Waals surface area contributed by atoms with Gasteiger partial charge in [-0.05, 0) is 25.5 Å². The number of likely N-dealkylation sites (N-methyl/N-ethyl adjacent to an activating group) is 1. The van der Waals surface area contributed by atoms with Gasteiger partial charge in [0.2, 0.25) is 5.91 Å². The Morgan fingerprint density at radius 2 is 2.05 bits per heavy atom. The number of nitrogen functional groups attached to an aromatic ring is 1. The van der Waals surface area contributed by atoms with Crippen LogP contribution in [0.5, 0.6) is 0 Å². The molecular formula is C15H19N3O2. The van der Waals surface area contributed by atoms with Crippen LogP contribution in [0.2, 0.25) is 0 Å². The molecule has 0 spiro atoms. The van der Waals surface area contributed by atoms with E-state index >= 15 is 0 Å². The van der Waals surface area contributed by atoms with Gasteiger partial charge in [0, 0.05) is 18.3 Å². The van der Waals surface area contributed by atoms with Gasteiger partial charge in [-0.2, -0.15) is 0 Å². The molecule has 5 nitrogen and oxygen atoms in total. The van der Waals surface area contributed by atoms with Crippen molar-refractivity contribution < 1.29 is 9.32 Å². The molecule has 2 N–H and O–H groups in total. The van der Waals surface area contributed by atoms with Gasteiger partial charge in [-0.3, -0.25) is 4.79 Å². The van der Waals surface area contributed by atoms with Gasteiger partial charge >= 0.3 is 0 Å². The van der Waals surface area contributed by atoms with Crippen molar-refractivity contribution in [1.29, 1.82) is 0 Å². The van der Waals surface area contributed by atoms with E-state index in [1.807, 2.05) is 32.0 Å². The minimum Gasteiger partial charge on any atom is -0.398 e. The van der Waals surface area contributed by atoms with Crippen LogP contribution < -0.4 is 5.73 Å². The highest BCUT2D eigenvalue weighted by molar-refractivity contribution is 5.80. The molecular weight excluding hydrogens is 254 g/mol. The fourth-order valence-electron chi connectivity index (χ4n) is 2.05. The monoisotopic (exact) mass is 273 g/mol. The molecule has 0 unspecified atom stereocenters. The number of carbonyl (C=O) groups is 1. The van der Waals surface area contributed by atoms with Crippen LogP contribution in [0.25, 0.3) is 0 Å². The molecule has 0 aliphatic carbocycles. The number of anilines is 1. The van der Waals surface area contributed by atoms with Crippen molar-refractivity contribution in [3.8, 4) is 0 Å². The molecule has 0 bridgehead atoms. The number of amides is 1. The number of carbonyl (C=O) groups excluding carboxylic acids is 1. The zero-order chi connectivity index (χ0) is 14.7. The van der Waals surface area contributed by atoms with Gasteiger partial charge in [0.15, 0.2) is 0 Å². The first kappa shape index (κ1) is 14.1. The molecule has 0 aliphatic heterocycles. The number of para-hydroxylation sites is 1. The van der Waals surface area contributed by atoms with Crippen molar-refractivity contribution in [3.63, 3.8) is 0 Å². The zero-order valence-electron chi connectivity index (χ0n) is 12.0. The van der Waals surface area contributed by atoms with Crippen LogP contribution in [-0.4, -0.2) is 23.0 Å². The molecule has 1 heterocycles. The highest BCUT2D eigenvalue weighted by Gasteiger charge is 2.16. The number of aryl methyl sites for hydroxylation is 2. The summed E-state index contributed by atoms with van der Waals surface area (Å²) in [6, 6.07) is 7.41. The average molecular weight is 273 g/mol. The summed E-state index contributed by atoms with van der Waals surface area (Å²) in [5.74, 6) is 0.768. The van der Waals surface area contributed by atoms with E-state index in [1.165, 1.54) is 0 Å². The largest absolute Gasteiger partial charge is 0.398 e. The Balaban J connectivity index is 2.05. The van der Waals surface area contributed by atoms with Crippen LogP contribution in [0.4, 0.5) is 5.69 Å². The molecule has 1 aromatic heterocycles. The molecule has 5 heteroatoms. The maximum atomic E-state index is 12.2. The summed E-state index contributed by atoms with van der Waals surface area (Å²) in [6.07, 6.45) is 0.298. The van der Waals surface area contributed by atoms with E-state index in [1.54, 1.807) is 18.0 Å². The lowest BCUT2D eigenvalue weighted by molar-refractivity contribution is -0.129. The van der Waals surface area contributed by atoms with Gasteiger partial charge in [-0.15, -0.1) is 0 Å². The predicted molar refractivity (Wildman–Crippen MR) is 77.0 cm³/mol. The number of rotatable bonds is 4. The highest BCUT2D eigenvalue weighted by Crippen LogP contribution is 2.16. The minimum atomic E-state index is 0.0166. The Hall–Kier alpha value is -2.30. The van der Waals surface area contributed by atoms with E-state index < -0.39 is 0 Å². The lowest BCUT2D eigenvalue weighted by Gasteiger charge is -2.17. The van der Waals surface area contributed by atoms with E-state index in [4.69, 9.17) is 10.3 Å². The van der Waals surface area contributed by atoms with Crippen LogP contribution in [0.3, 0.4) is 0 Å². The molecule has 106 valence electrons. The summed E-state index contributed by atoms with van der Waals surface area (Å²) in [7, 11) is 1.77. The van der Waals surface area contributed by atoms with Crippen molar-refractivity contribution in [1.82, 2.24) is 10.1 Å². The zero-order valence-corrected chi connectivity index (χ0v) is 12.0. The van der Waals surface area contributed by atoms with Crippen LogP contribution in [-0.2, 0) is 17.8 Å². The lowest BCUT2D eigenvalue weighted by atomic mass is 10.1. The van der Waals surface area contributed by atoms with Gasteiger partial charge < -0.3 is 15.2 Å². The van der Waals surface area contributed by atoms with Crippen molar-refractivity contribution in [2.24, 2.45) is 0 Å². The second kappa shape index (κ2) is 5.77. The summed E-state index contributed by atoms with van der Waals surface area (Å²) in [5, 5.41) is 3.89. The van der Waals surface area contributed by atoms with Crippen molar-refractivity contribution in [3.05, 3.63) is 46.8 Å². The summed E-state index contributed by atoms with van der Waals surface area (Å²) in [5.41, 5.74) is 9.13. The van der Waals surface area contributed by atoms with Gasteiger partial charge in [0.05, 0.1) is 18.7 Å². The molecule has 0 saturated carbocycles. The number of aromatic nitrogens is 1. The molecule has 0 atom stereocenters. The van der Waals surface area contributed by atoms with Crippen LogP contribution in [0.15, 0.2) is 28.8 Å². The Bertz CT molecular complexity index is 600. The standard InChI is InChI=1S/C15H19N3O2/c1-10-13(11(2)20-17-10)9-18(3)15(19)8-12-6-4-5-7-14(12)16/h4-7H,8-9,16H2,1-3H3. The third kappa shape index (κ3) is 2.99. The number of hydrogen-bond acceptors (Lipinski definition) is 4. The van der Waals surface area contributed by atoms with Crippen LogP contribution in [0, 0.1) is 13.8 Å². The molecule has 1 amide bonds. The average Bonchev–Trinajstić information content (AvgIpc) is 2.73. The molecule has 20 heavy (non-hydrogen) atoms. The Kier molecular flexibility index (Phi) is 4.08. The summed E-state index contributed by atoms with van der Waals surface area (Å²) in [4.78, 5) is 13.9. The fraction of sp³-hybridized carbons (Fsp3) is 0.333. The SMILES string of the molecule is Cc1noc(C)c1CN(C)C(=O)Cc1ccccc1N. The maximum absolute atomic E-state index is 12.2. The molecule has 2 aromatic rings. The van der Waals surface area contributed by atoms with Gasteiger partial charge in [-0.25, -0.2) is 0 Å². The van der Waals surface area contributed by atoms with Gasteiger partial charge in [0.25, 0.3) is 0 Å². The second-order valence-electron chi connectivity index (χ2n) is 4.93. The highest BCUT2D eigenvalue weighted by atomic mass is 16.5. The van der Waals surface area contributed by atoms with E-state index in [9.17, 15) is 4.79 Å². The number of nitrogens with two attached hydrogens (primary N) is 1. The number of hydrogen-bond donors (Lipinski definition) is 1. The van der Waals surface area contributed by atoms with Crippen LogP contribution in [0.1, 0.15) is 22.6 Å². The van der Waals surface area contributed by atoms with Crippen molar-refractivity contribution >= 4 is 11.6 Å². The molecule has 0 fully saturated rings. The second-order valence-corrected chi connectivity index (χ2v) is 4.93. The smallest absolute Gasteiger partial charge is 0.227 e. The van der Waals surface area contributed by atoms with E-state index in [2.05, 4.69) is 5.16 Å². The number of nitrogens with zero attached hydrogens (tertiary/aromatic N) is 2. The quantitative estimate of drug-likeness (QED) is 0.866. The fourth-order valence-corrected chi connectivity index (χ4v) is 2.05. The summed E-state index contributed by atoms with van der Waals surface area (Å²) in [6.45, 7) is 4.22. The Morgan fingerprint density at radius 1 is 1.35 bits per heavy atom. The van der Waals surface area contributed by atoms with E-state index in [0.717, 1.165) is 22.6 Å². The summed E-state index contributed by atoms with van der Waals surface area (Å²) < 4.78 is 5.11. The Labute approximate surface area is 118 Å². The van der Waals surface area contributed by atoms with E-state index in [-0.39, 0.29) is 5.91 Å². The first-order valence-corrected chi connectivity index (χ1v) is 6.48. The maximum Gasteiger partial charge on any atom is 0.227 e. The first-order chi connectivity index (χ1) is 9.49. The van der Waals surface area contributed by atoms with Crippen molar-refractivity contribution in [2.75, 3.05) is 12.8 Å². The molecule has 0 saturated heterocycles. The van der Waals surface area contributed by atoms with Gasteiger partial charge in [-0.1, -0.05) is 23.4 Å². The topological polar surface area (TPSA) is 72.4 Å². The molecule has 0 aliphatic rings. The summed E-state index contributed by atoms with van der Waals surface area (Å²) >= 11 is 0. The molecule has 1 aromatic carbocycles. The van der Waals surface area contributed by atoms with E-state index in [0.29, 0.717) is 18.7 Å². The van der Waals surface area contributed by atoms with Crippen LogP contribution >= 0.6 is 0 Å². The third-order valence-corrected chi connectivity index (χ3v) is 3.40. The first-order valence-electron chi connectivity index (χ1n) is 6.48. The lowest BCUT2D eigenvalue weighted by Crippen LogP contribution is -2.28. The minimum absolute atomic E-state index is 0.0166. The molecule has 2 rings (SSSR count). The predicted octanol–water partition coefficient (Wildman–Crippen LogP) is 2.07. The van der Waals surface area contributed by atoms with Gasteiger partial charge in [0.1, 0.15) is 5.76 Å². The number of benzene rings is 1. The van der Waals surface area contributed by atoms with Crippen molar-refractivity contribution in [2.45, 2.75) is 26.8 Å².